The number of nitrogens with one attached hydrogen (secondary N) is 1. The SMILES string of the molecule is Cc1nc(N2CCCC2)cc(N2CCN(C(=O)Nc3ccc4c(c3)OCO4)CC2)n1. The van der Waals surface area contributed by atoms with Gasteiger partial charge in [0.05, 0.1) is 0 Å². The first-order valence-corrected chi connectivity index (χ1v) is 10.5. The number of carbonyl (C=O) groups is 1. The molecule has 9 heteroatoms. The van der Waals surface area contributed by atoms with Gasteiger partial charge in [-0.15, -0.1) is 0 Å². The molecule has 4 heterocycles. The molecule has 0 unspecified atom stereocenters. The van der Waals surface area contributed by atoms with Crippen LogP contribution in [-0.4, -0.2) is 67.0 Å². The number of hydrogen-bond donors (Lipinski definition) is 1. The predicted molar refractivity (Wildman–Crippen MR) is 114 cm³/mol. The summed E-state index contributed by atoms with van der Waals surface area (Å²) >= 11 is 0. The van der Waals surface area contributed by atoms with Crippen LogP contribution in [-0.2, 0) is 0 Å². The van der Waals surface area contributed by atoms with Gasteiger partial charge in [0.25, 0.3) is 0 Å². The molecule has 0 bridgehead atoms. The highest BCUT2D eigenvalue weighted by atomic mass is 16.7. The van der Waals surface area contributed by atoms with Crippen molar-refractivity contribution in [3.05, 3.63) is 30.1 Å². The standard InChI is InChI=1S/C21H26N6O3/c1-15-22-19(25-6-2-3-7-25)13-20(23-15)26-8-10-27(11-9-26)21(28)24-16-4-5-17-18(12-16)30-14-29-17/h4-5,12-13H,2-3,6-11,14H2,1H3,(H,24,28). The molecule has 3 aliphatic heterocycles. The maximum Gasteiger partial charge on any atom is 0.321 e. The van der Waals surface area contributed by atoms with Crippen LogP contribution in [0.5, 0.6) is 11.5 Å². The van der Waals surface area contributed by atoms with Gasteiger partial charge in [-0.05, 0) is 31.9 Å². The topological polar surface area (TPSA) is 83.1 Å². The second kappa shape index (κ2) is 7.89. The average molecular weight is 410 g/mol. The number of aryl methyl sites for hydroxylation is 1. The Labute approximate surface area is 175 Å². The highest BCUT2D eigenvalue weighted by molar-refractivity contribution is 5.90. The molecule has 1 aromatic carbocycles. The Morgan fingerprint density at radius 1 is 0.900 bits per heavy atom. The van der Waals surface area contributed by atoms with Crippen LogP contribution in [0.2, 0.25) is 0 Å². The number of nitrogens with zero attached hydrogens (tertiary/aromatic N) is 5. The number of amides is 2. The van der Waals surface area contributed by atoms with Crippen molar-refractivity contribution in [3.8, 4) is 11.5 Å². The lowest BCUT2D eigenvalue weighted by molar-refractivity contribution is 0.174. The molecule has 1 aromatic heterocycles. The third-order valence-corrected chi connectivity index (χ3v) is 5.76. The van der Waals surface area contributed by atoms with Gasteiger partial charge in [-0.3, -0.25) is 0 Å². The maximum atomic E-state index is 12.7. The van der Waals surface area contributed by atoms with Crippen molar-refractivity contribution < 1.29 is 14.3 Å². The number of carbonyl (C=O) groups excluding carboxylic acids is 1. The monoisotopic (exact) mass is 410 g/mol. The molecule has 2 saturated heterocycles. The lowest BCUT2D eigenvalue weighted by Crippen LogP contribution is -2.50. The first kappa shape index (κ1) is 18.8. The van der Waals surface area contributed by atoms with Gasteiger partial charge in [-0.2, -0.15) is 0 Å². The Kier molecular flexibility index (Phi) is 4.94. The van der Waals surface area contributed by atoms with Crippen molar-refractivity contribution in [2.75, 3.05) is 61.2 Å². The Morgan fingerprint density at radius 3 is 2.30 bits per heavy atom. The summed E-state index contributed by atoms with van der Waals surface area (Å²) in [6.07, 6.45) is 2.44. The first-order chi connectivity index (χ1) is 14.7. The number of hydrogen-bond acceptors (Lipinski definition) is 7. The van der Waals surface area contributed by atoms with Gasteiger partial charge < -0.3 is 29.5 Å². The van der Waals surface area contributed by atoms with E-state index in [4.69, 9.17) is 9.47 Å². The Hall–Kier alpha value is -3.23. The summed E-state index contributed by atoms with van der Waals surface area (Å²) in [5.41, 5.74) is 0.702. The lowest BCUT2D eigenvalue weighted by Gasteiger charge is -2.35. The predicted octanol–water partition coefficient (Wildman–Crippen LogP) is 2.47. The molecule has 2 aromatic rings. The highest BCUT2D eigenvalue weighted by Crippen LogP contribution is 2.34. The van der Waals surface area contributed by atoms with Crippen LogP contribution >= 0.6 is 0 Å². The number of aromatic nitrogens is 2. The van der Waals surface area contributed by atoms with Crippen molar-refractivity contribution >= 4 is 23.4 Å². The number of rotatable bonds is 3. The second-order valence-corrected chi connectivity index (χ2v) is 7.80. The van der Waals surface area contributed by atoms with E-state index in [-0.39, 0.29) is 12.8 Å². The Morgan fingerprint density at radius 2 is 1.57 bits per heavy atom. The van der Waals surface area contributed by atoms with E-state index in [0.717, 1.165) is 43.6 Å². The third kappa shape index (κ3) is 3.79. The van der Waals surface area contributed by atoms with Crippen molar-refractivity contribution in [2.45, 2.75) is 19.8 Å². The van der Waals surface area contributed by atoms with E-state index >= 15 is 0 Å². The van der Waals surface area contributed by atoms with Crippen LogP contribution in [0, 0.1) is 6.92 Å². The van der Waals surface area contributed by atoms with E-state index in [0.29, 0.717) is 30.3 Å². The first-order valence-electron chi connectivity index (χ1n) is 10.5. The zero-order valence-corrected chi connectivity index (χ0v) is 17.1. The summed E-state index contributed by atoms with van der Waals surface area (Å²) in [5.74, 6) is 4.11. The Bertz CT molecular complexity index is 938. The molecule has 0 radical (unpaired) electrons. The smallest absolute Gasteiger partial charge is 0.321 e. The molecule has 0 saturated carbocycles. The number of piperazine rings is 1. The normalized spacial score (nSPS) is 18.1. The molecule has 2 fully saturated rings. The van der Waals surface area contributed by atoms with Crippen LogP contribution in [0.4, 0.5) is 22.1 Å². The number of anilines is 3. The van der Waals surface area contributed by atoms with Gasteiger partial charge in [-0.25, -0.2) is 14.8 Å². The molecule has 1 N–H and O–H groups in total. The van der Waals surface area contributed by atoms with E-state index in [1.807, 2.05) is 24.0 Å². The molecule has 30 heavy (non-hydrogen) atoms. The van der Waals surface area contributed by atoms with Crippen LogP contribution in [0.25, 0.3) is 0 Å². The molecule has 9 nitrogen and oxygen atoms in total. The summed E-state index contributed by atoms with van der Waals surface area (Å²) in [7, 11) is 0. The molecule has 5 rings (SSSR count). The van der Waals surface area contributed by atoms with Gasteiger partial charge in [0.15, 0.2) is 11.5 Å². The van der Waals surface area contributed by atoms with Crippen LogP contribution in [0.15, 0.2) is 24.3 Å². The van der Waals surface area contributed by atoms with Crippen molar-refractivity contribution in [2.24, 2.45) is 0 Å². The minimum absolute atomic E-state index is 0.106. The van der Waals surface area contributed by atoms with E-state index in [2.05, 4.69) is 31.2 Å². The minimum Gasteiger partial charge on any atom is -0.454 e. The van der Waals surface area contributed by atoms with Crippen molar-refractivity contribution in [3.63, 3.8) is 0 Å². The maximum absolute atomic E-state index is 12.7. The summed E-state index contributed by atoms with van der Waals surface area (Å²) < 4.78 is 10.7. The molecule has 0 aliphatic carbocycles. The summed E-state index contributed by atoms with van der Waals surface area (Å²) in [6, 6.07) is 7.40. The van der Waals surface area contributed by atoms with E-state index in [1.165, 1.54) is 12.8 Å². The summed E-state index contributed by atoms with van der Waals surface area (Å²) in [5, 5.41) is 2.95. The minimum atomic E-state index is -0.106. The van der Waals surface area contributed by atoms with Crippen LogP contribution < -0.4 is 24.6 Å². The lowest BCUT2D eigenvalue weighted by atomic mass is 10.2. The van der Waals surface area contributed by atoms with E-state index < -0.39 is 0 Å². The largest absolute Gasteiger partial charge is 0.454 e. The van der Waals surface area contributed by atoms with E-state index in [9.17, 15) is 4.79 Å². The molecule has 2 amide bonds. The van der Waals surface area contributed by atoms with Gasteiger partial charge in [0.2, 0.25) is 6.79 Å². The average Bonchev–Trinajstić information content (AvgIpc) is 3.45. The molecular formula is C21H26N6O3. The highest BCUT2D eigenvalue weighted by Gasteiger charge is 2.24. The fourth-order valence-corrected chi connectivity index (χ4v) is 4.12. The van der Waals surface area contributed by atoms with E-state index in [1.54, 1.807) is 6.07 Å². The van der Waals surface area contributed by atoms with Gasteiger partial charge >= 0.3 is 6.03 Å². The van der Waals surface area contributed by atoms with Crippen LogP contribution in [0.3, 0.4) is 0 Å². The van der Waals surface area contributed by atoms with Crippen LogP contribution in [0.1, 0.15) is 18.7 Å². The third-order valence-electron chi connectivity index (χ3n) is 5.76. The quantitative estimate of drug-likeness (QED) is 0.832. The second-order valence-electron chi connectivity index (χ2n) is 7.80. The molecule has 0 spiro atoms. The van der Waals surface area contributed by atoms with Crippen molar-refractivity contribution in [1.82, 2.24) is 14.9 Å². The zero-order valence-electron chi connectivity index (χ0n) is 17.1. The number of fused-ring (bicyclic) bond motifs is 1. The molecule has 0 atom stereocenters. The fraction of sp³-hybridized carbons (Fsp3) is 0.476. The van der Waals surface area contributed by atoms with Crippen molar-refractivity contribution in [1.29, 1.82) is 0 Å². The number of urea groups is 1. The van der Waals surface area contributed by atoms with Gasteiger partial charge in [-0.1, -0.05) is 0 Å². The molecule has 3 aliphatic rings. The summed E-state index contributed by atoms with van der Waals surface area (Å²) in [4.78, 5) is 28.3. The summed E-state index contributed by atoms with van der Waals surface area (Å²) in [6.45, 7) is 7.04. The zero-order chi connectivity index (χ0) is 20.5. The molecule has 158 valence electrons. The molecular weight excluding hydrogens is 384 g/mol. The number of benzene rings is 1. The number of ether oxygens (including phenoxy) is 2. The van der Waals surface area contributed by atoms with Gasteiger partial charge in [0.1, 0.15) is 17.5 Å². The fourth-order valence-electron chi connectivity index (χ4n) is 4.12. The Balaban J connectivity index is 1.20. The van der Waals surface area contributed by atoms with Gasteiger partial charge in [0, 0.05) is 57.1 Å².